The normalized spacial score (nSPS) is 15.9. The molecule has 0 saturated carbocycles. The van der Waals surface area contributed by atoms with Crippen molar-refractivity contribution in [3.63, 3.8) is 0 Å². The largest absolute Gasteiger partial charge is 0.497 e. The van der Waals surface area contributed by atoms with Gasteiger partial charge < -0.3 is 9.47 Å². The Bertz CT molecular complexity index is 737. The van der Waals surface area contributed by atoms with Crippen molar-refractivity contribution in [2.24, 2.45) is 0 Å². The second-order valence-electron chi connectivity index (χ2n) is 3.53. The predicted octanol–water partition coefficient (Wildman–Crippen LogP) is 1.99. The summed E-state index contributed by atoms with van der Waals surface area (Å²) in [7, 11) is -1.32. The lowest BCUT2D eigenvalue weighted by Crippen LogP contribution is -2.17. The molecule has 0 saturated heterocycles. The van der Waals surface area contributed by atoms with Crippen LogP contribution in [0, 0.1) is 0 Å². The lowest BCUT2D eigenvalue weighted by atomic mass is 10.2. The molecule has 0 aliphatic heterocycles. The number of pyridine rings is 1. The van der Waals surface area contributed by atoms with Crippen LogP contribution in [0.2, 0.25) is 0 Å². The lowest BCUT2D eigenvalue weighted by Gasteiger charge is -2.08. The number of hydrogen-bond acceptors (Lipinski definition) is 3. The second kappa shape index (κ2) is 5.51. The van der Waals surface area contributed by atoms with Gasteiger partial charge in [0, 0.05) is 25.1 Å². The zero-order chi connectivity index (χ0) is 17.3. The van der Waals surface area contributed by atoms with Crippen LogP contribution in [-0.4, -0.2) is 18.7 Å². The van der Waals surface area contributed by atoms with Crippen LogP contribution in [0.25, 0.3) is 5.69 Å². The molecule has 0 amide bonds. The van der Waals surface area contributed by atoms with Crippen molar-refractivity contribution in [1.29, 1.82) is 0 Å². The molecule has 0 N–H and O–H groups in total. The highest BCUT2D eigenvalue weighted by Crippen LogP contribution is 2.14. The van der Waals surface area contributed by atoms with E-state index in [9.17, 15) is 4.79 Å². The van der Waals surface area contributed by atoms with Gasteiger partial charge in [-0.2, -0.15) is 0 Å². The highest BCUT2D eigenvalue weighted by molar-refractivity contribution is 5.38. The van der Waals surface area contributed by atoms with Crippen LogP contribution in [0.5, 0.6) is 5.75 Å². The van der Waals surface area contributed by atoms with Crippen LogP contribution in [0.3, 0.4) is 0 Å². The molecule has 0 aliphatic carbocycles. The molecule has 1 heterocycles. The van der Waals surface area contributed by atoms with E-state index in [1.165, 1.54) is 54.3 Å². The zero-order valence-corrected chi connectivity index (χ0v) is 9.71. The third kappa shape index (κ3) is 2.60. The van der Waals surface area contributed by atoms with Gasteiger partial charge in [0.05, 0.1) is 20.5 Å². The Labute approximate surface area is 112 Å². The van der Waals surface area contributed by atoms with Gasteiger partial charge in [0.1, 0.15) is 5.75 Å². The Morgan fingerprint density at radius 3 is 2.72 bits per heavy atom. The minimum absolute atomic E-state index is 0.144. The molecule has 94 valence electrons. The van der Waals surface area contributed by atoms with Gasteiger partial charge in [0.2, 0.25) is 0 Å². The Kier molecular flexibility index (Phi) is 2.26. The minimum atomic E-state index is -2.55. The van der Waals surface area contributed by atoms with Crippen molar-refractivity contribution in [3.8, 4) is 11.4 Å². The van der Waals surface area contributed by atoms with Crippen molar-refractivity contribution in [2.45, 2.75) is 6.56 Å². The molecular formula is C14H15NO3. The van der Waals surface area contributed by atoms with Crippen molar-refractivity contribution in [3.05, 3.63) is 58.5 Å². The zero-order valence-electron chi connectivity index (χ0n) is 14.7. The average molecular weight is 250 g/mol. The van der Waals surface area contributed by atoms with Gasteiger partial charge in [-0.05, 0) is 35.9 Å². The van der Waals surface area contributed by atoms with E-state index in [1.807, 2.05) is 0 Å². The van der Waals surface area contributed by atoms with E-state index in [4.69, 9.17) is 16.3 Å². The van der Waals surface area contributed by atoms with Crippen LogP contribution >= 0.6 is 0 Å². The molecule has 2 aromatic rings. The molecule has 2 rings (SSSR count). The average Bonchev–Trinajstić information content (AvgIpc) is 2.47. The topological polar surface area (TPSA) is 40.5 Å². The van der Waals surface area contributed by atoms with Crippen molar-refractivity contribution in [1.82, 2.24) is 4.57 Å². The van der Waals surface area contributed by atoms with Gasteiger partial charge in [0.25, 0.3) is 5.56 Å². The van der Waals surface area contributed by atoms with Crippen LogP contribution in [-0.2, 0) is 11.3 Å². The van der Waals surface area contributed by atoms with E-state index < -0.39 is 13.6 Å². The van der Waals surface area contributed by atoms with Crippen LogP contribution in [0.4, 0.5) is 0 Å². The molecule has 4 nitrogen and oxygen atoms in total. The SMILES string of the molecule is [2H]C([2H])([2H])Oc1ccc(-n2cc(C([2H])([2H])OC)ccc2=O)cc1. The summed E-state index contributed by atoms with van der Waals surface area (Å²) >= 11 is 0. The Balaban J connectivity index is 2.38. The fraction of sp³-hybridized carbons (Fsp3) is 0.214. The third-order valence-corrected chi connectivity index (χ3v) is 2.36. The van der Waals surface area contributed by atoms with Crippen LogP contribution in [0.1, 0.15) is 12.4 Å². The van der Waals surface area contributed by atoms with E-state index in [1.54, 1.807) is 0 Å². The van der Waals surface area contributed by atoms with E-state index in [2.05, 4.69) is 0 Å². The number of methoxy groups -OCH3 is 2. The number of nitrogens with zero attached hydrogens (tertiary/aromatic N) is 1. The smallest absolute Gasteiger partial charge is 0.255 e. The molecule has 0 atom stereocenters. The quantitative estimate of drug-likeness (QED) is 0.833. The molecule has 1 aromatic carbocycles. The summed E-state index contributed by atoms with van der Waals surface area (Å²) in [5.41, 5.74) is 0.272. The number of aromatic nitrogens is 1. The maximum atomic E-state index is 12.0. The van der Waals surface area contributed by atoms with Gasteiger partial charge in [0.15, 0.2) is 0 Å². The summed E-state index contributed by atoms with van der Waals surface area (Å²) in [6, 6.07) is 8.45. The summed E-state index contributed by atoms with van der Waals surface area (Å²) in [4.78, 5) is 12.0. The number of benzene rings is 1. The first-order valence-corrected chi connectivity index (χ1v) is 5.20. The number of ether oxygens (including phenoxy) is 2. The second-order valence-corrected chi connectivity index (χ2v) is 3.53. The molecule has 1 aromatic heterocycles. The standard InChI is InChI=1S/C14H15NO3/c1-17-10-11-3-8-14(16)15(9-11)12-4-6-13(18-2)7-5-12/h3-9H,10H2,1-2H3/i2D3,10D2. The number of hydrogen-bond donors (Lipinski definition) is 0. The van der Waals surface area contributed by atoms with Crippen molar-refractivity contribution >= 4 is 0 Å². The maximum absolute atomic E-state index is 12.0. The van der Waals surface area contributed by atoms with Crippen molar-refractivity contribution < 1.29 is 16.3 Å². The highest BCUT2D eigenvalue weighted by Gasteiger charge is 2.02. The van der Waals surface area contributed by atoms with Crippen LogP contribution < -0.4 is 10.3 Å². The molecule has 4 heteroatoms. The minimum Gasteiger partial charge on any atom is -0.497 e. The Morgan fingerprint density at radius 2 is 2.06 bits per heavy atom. The summed E-state index contributed by atoms with van der Waals surface area (Å²) in [5, 5.41) is 0. The predicted molar refractivity (Wildman–Crippen MR) is 69.3 cm³/mol. The Morgan fingerprint density at radius 1 is 1.28 bits per heavy atom. The fourth-order valence-electron chi connectivity index (χ4n) is 1.54. The van der Waals surface area contributed by atoms with E-state index in [0.29, 0.717) is 5.69 Å². The first-order chi connectivity index (χ1) is 10.6. The summed E-state index contributed by atoms with van der Waals surface area (Å²) in [6.45, 7) is -2.03. The van der Waals surface area contributed by atoms with Gasteiger partial charge in [-0.1, -0.05) is 0 Å². The molecule has 0 bridgehead atoms. The lowest BCUT2D eigenvalue weighted by molar-refractivity contribution is 0.184. The third-order valence-electron chi connectivity index (χ3n) is 2.36. The molecule has 0 aliphatic rings. The monoisotopic (exact) mass is 250 g/mol. The van der Waals surface area contributed by atoms with Crippen LogP contribution in [0.15, 0.2) is 47.4 Å². The van der Waals surface area contributed by atoms with Gasteiger partial charge in [-0.15, -0.1) is 0 Å². The molecule has 0 fully saturated rings. The van der Waals surface area contributed by atoms with Crippen molar-refractivity contribution in [2.75, 3.05) is 14.1 Å². The molecule has 18 heavy (non-hydrogen) atoms. The molecule has 0 unspecified atom stereocenters. The molecule has 0 radical (unpaired) electrons. The van der Waals surface area contributed by atoms with E-state index in [0.717, 1.165) is 0 Å². The molecule has 0 spiro atoms. The number of rotatable bonds is 4. The summed E-state index contributed by atoms with van der Waals surface area (Å²) in [5.74, 6) is 0.144. The first kappa shape index (κ1) is 7.38. The van der Waals surface area contributed by atoms with E-state index >= 15 is 0 Å². The van der Waals surface area contributed by atoms with Gasteiger partial charge in [-0.25, -0.2) is 0 Å². The van der Waals surface area contributed by atoms with E-state index in [-0.39, 0.29) is 16.9 Å². The van der Waals surface area contributed by atoms with Gasteiger partial charge in [-0.3, -0.25) is 9.36 Å². The fourth-order valence-corrected chi connectivity index (χ4v) is 1.54. The molecular weight excluding hydrogens is 230 g/mol. The first-order valence-electron chi connectivity index (χ1n) is 7.70. The Hall–Kier alpha value is -2.07. The van der Waals surface area contributed by atoms with Gasteiger partial charge >= 0.3 is 0 Å². The maximum Gasteiger partial charge on any atom is 0.255 e. The summed E-state index contributed by atoms with van der Waals surface area (Å²) in [6.07, 6.45) is 1.34. The highest BCUT2D eigenvalue weighted by atomic mass is 16.5. The summed E-state index contributed by atoms with van der Waals surface area (Å²) < 4.78 is 47.3.